The first-order chi connectivity index (χ1) is 9.13. The van der Waals surface area contributed by atoms with Gasteiger partial charge in [-0.15, -0.1) is 0 Å². The predicted molar refractivity (Wildman–Crippen MR) is 72.2 cm³/mol. The van der Waals surface area contributed by atoms with Gasteiger partial charge in [-0.2, -0.15) is 4.98 Å². The van der Waals surface area contributed by atoms with Gasteiger partial charge in [0.25, 0.3) is 0 Å². The zero-order valence-electron chi connectivity index (χ0n) is 10.4. The second-order valence-electron chi connectivity index (χ2n) is 4.82. The molecule has 0 spiro atoms. The molecule has 6 heteroatoms. The van der Waals surface area contributed by atoms with Crippen LogP contribution in [0.25, 0.3) is 11.4 Å². The lowest BCUT2D eigenvalue weighted by Gasteiger charge is -2.30. The smallest absolute Gasteiger partial charge is 0.230 e. The molecule has 0 bridgehead atoms. The van der Waals surface area contributed by atoms with Crippen molar-refractivity contribution in [2.24, 2.45) is 5.92 Å². The highest BCUT2D eigenvalue weighted by Crippen LogP contribution is 2.28. The Hall–Kier alpha value is -1.27. The highest BCUT2D eigenvalue weighted by Gasteiger charge is 2.28. The zero-order chi connectivity index (χ0) is 13.4. The van der Waals surface area contributed by atoms with Crippen molar-refractivity contribution in [2.45, 2.75) is 12.8 Å². The van der Waals surface area contributed by atoms with Crippen molar-refractivity contribution in [1.82, 2.24) is 15.5 Å². The second kappa shape index (κ2) is 5.02. The third-order valence-corrected chi connectivity index (χ3v) is 3.93. The van der Waals surface area contributed by atoms with E-state index < -0.39 is 0 Å². The number of hydrogen-bond donors (Lipinski definition) is 1. The lowest BCUT2D eigenvalue weighted by atomic mass is 9.89. The van der Waals surface area contributed by atoms with Crippen LogP contribution in [-0.2, 0) is 0 Å². The van der Waals surface area contributed by atoms with Crippen molar-refractivity contribution >= 4 is 15.9 Å². The standard InChI is InChI=1S/C13H13BrFN3O/c1-7(9-5-16-6-9)13-17-12(18-19-13)8-2-10(14)4-11(15)3-8/h2-4,7,9,16H,5-6H2,1H3. The number of aromatic nitrogens is 2. The van der Waals surface area contributed by atoms with Crippen LogP contribution in [0.3, 0.4) is 0 Å². The molecule has 1 aliphatic heterocycles. The monoisotopic (exact) mass is 325 g/mol. The van der Waals surface area contributed by atoms with Gasteiger partial charge in [0.05, 0.1) is 0 Å². The third kappa shape index (κ3) is 2.55. The normalized spacial score (nSPS) is 17.2. The summed E-state index contributed by atoms with van der Waals surface area (Å²) < 4.78 is 19.3. The summed E-state index contributed by atoms with van der Waals surface area (Å²) in [5, 5.41) is 7.16. The average molecular weight is 326 g/mol. The quantitative estimate of drug-likeness (QED) is 0.942. The molecule has 100 valence electrons. The Morgan fingerprint density at radius 1 is 1.42 bits per heavy atom. The van der Waals surface area contributed by atoms with Gasteiger partial charge in [-0.05, 0) is 37.2 Å². The summed E-state index contributed by atoms with van der Waals surface area (Å²) in [5.74, 6) is 1.47. The van der Waals surface area contributed by atoms with Crippen LogP contribution in [0.4, 0.5) is 4.39 Å². The van der Waals surface area contributed by atoms with Crippen LogP contribution in [0.15, 0.2) is 27.2 Å². The van der Waals surface area contributed by atoms with E-state index in [4.69, 9.17) is 4.52 Å². The highest BCUT2D eigenvalue weighted by atomic mass is 79.9. The van der Waals surface area contributed by atoms with E-state index >= 15 is 0 Å². The molecule has 1 saturated heterocycles. The lowest BCUT2D eigenvalue weighted by Crippen LogP contribution is -2.44. The molecule has 2 heterocycles. The van der Waals surface area contributed by atoms with Crippen molar-refractivity contribution in [3.05, 3.63) is 34.4 Å². The number of nitrogens with one attached hydrogen (secondary N) is 1. The number of nitrogens with zero attached hydrogens (tertiary/aromatic N) is 2. The highest BCUT2D eigenvalue weighted by molar-refractivity contribution is 9.10. The molecule has 0 saturated carbocycles. The summed E-state index contributed by atoms with van der Waals surface area (Å²) in [6.45, 7) is 4.03. The van der Waals surface area contributed by atoms with Gasteiger partial charge in [-0.1, -0.05) is 28.0 Å². The minimum Gasteiger partial charge on any atom is -0.339 e. The minimum atomic E-state index is -0.327. The Kier molecular flexibility index (Phi) is 3.36. The molecule has 1 aromatic heterocycles. The maximum Gasteiger partial charge on any atom is 0.230 e. The summed E-state index contributed by atoms with van der Waals surface area (Å²) in [5.41, 5.74) is 0.612. The van der Waals surface area contributed by atoms with Crippen LogP contribution in [-0.4, -0.2) is 23.2 Å². The van der Waals surface area contributed by atoms with Crippen molar-refractivity contribution in [1.29, 1.82) is 0 Å². The molecule has 0 amide bonds. The maximum absolute atomic E-state index is 13.3. The van der Waals surface area contributed by atoms with Crippen molar-refractivity contribution < 1.29 is 8.91 Å². The van der Waals surface area contributed by atoms with Gasteiger partial charge in [-0.25, -0.2) is 4.39 Å². The summed E-state index contributed by atoms with van der Waals surface area (Å²) in [6.07, 6.45) is 0. The summed E-state index contributed by atoms with van der Waals surface area (Å²) >= 11 is 3.26. The van der Waals surface area contributed by atoms with E-state index in [0.717, 1.165) is 13.1 Å². The molecular weight excluding hydrogens is 313 g/mol. The Bertz CT molecular complexity index is 577. The lowest BCUT2D eigenvalue weighted by molar-refractivity contribution is 0.252. The van der Waals surface area contributed by atoms with Crippen molar-refractivity contribution in [3.63, 3.8) is 0 Å². The molecule has 1 atom stereocenters. The summed E-state index contributed by atoms with van der Waals surface area (Å²) in [6, 6.07) is 4.56. The van der Waals surface area contributed by atoms with E-state index in [1.165, 1.54) is 12.1 Å². The summed E-state index contributed by atoms with van der Waals surface area (Å²) in [4.78, 5) is 4.37. The van der Waals surface area contributed by atoms with Crippen molar-refractivity contribution in [3.8, 4) is 11.4 Å². The predicted octanol–water partition coefficient (Wildman–Crippen LogP) is 2.96. The van der Waals surface area contributed by atoms with Gasteiger partial charge in [0, 0.05) is 16.0 Å². The SMILES string of the molecule is CC(c1nc(-c2cc(F)cc(Br)c2)no1)C1CNC1. The fourth-order valence-corrected chi connectivity index (χ4v) is 2.55. The van der Waals surface area contributed by atoms with E-state index in [9.17, 15) is 4.39 Å². The maximum atomic E-state index is 13.3. The fourth-order valence-electron chi connectivity index (χ4n) is 2.09. The van der Waals surface area contributed by atoms with E-state index in [1.807, 2.05) is 0 Å². The second-order valence-corrected chi connectivity index (χ2v) is 5.74. The first kappa shape index (κ1) is 12.7. The van der Waals surface area contributed by atoms with E-state index in [-0.39, 0.29) is 11.7 Å². The van der Waals surface area contributed by atoms with E-state index in [2.05, 4.69) is 38.3 Å². The van der Waals surface area contributed by atoms with Gasteiger partial charge in [0.2, 0.25) is 11.7 Å². The van der Waals surface area contributed by atoms with Crippen LogP contribution in [0.5, 0.6) is 0 Å². The van der Waals surface area contributed by atoms with Gasteiger partial charge in [-0.3, -0.25) is 0 Å². The topological polar surface area (TPSA) is 51.0 Å². The number of benzene rings is 1. The van der Waals surface area contributed by atoms with Gasteiger partial charge >= 0.3 is 0 Å². The van der Waals surface area contributed by atoms with E-state index in [1.54, 1.807) is 6.07 Å². The average Bonchev–Trinajstić information content (AvgIpc) is 2.74. The molecule has 1 aliphatic rings. The van der Waals surface area contributed by atoms with Crippen LogP contribution in [0, 0.1) is 11.7 Å². The Labute approximate surface area is 118 Å². The molecule has 1 unspecified atom stereocenters. The first-order valence-electron chi connectivity index (χ1n) is 6.14. The first-order valence-corrected chi connectivity index (χ1v) is 6.93. The molecular formula is C13H13BrFN3O. The Morgan fingerprint density at radius 3 is 2.84 bits per heavy atom. The number of halogens is 2. The third-order valence-electron chi connectivity index (χ3n) is 3.47. The molecule has 0 aliphatic carbocycles. The Balaban J connectivity index is 1.87. The van der Waals surface area contributed by atoms with Gasteiger partial charge in [0.1, 0.15) is 5.82 Å². The molecule has 2 aromatic rings. The van der Waals surface area contributed by atoms with Crippen molar-refractivity contribution in [2.75, 3.05) is 13.1 Å². The molecule has 4 nitrogen and oxygen atoms in total. The molecule has 0 radical (unpaired) electrons. The number of hydrogen-bond acceptors (Lipinski definition) is 4. The molecule has 1 fully saturated rings. The molecule has 1 N–H and O–H groups in total. The van der Waals surface area contributed by atoms with Crippen LogP contribution >= 0.6 is 15.9 Å². The van der Waals surface area contributed by atoms with E-state index in [0.29, 0.717) is 27.7 Å². The number of rotatable bonds is 3. The van der Waals surface area contributed by atoms with Crippen LogP contribution < -0.4 is 5.32 Å². The fraction of sp³-hybridized carbons (Fsp3) is 0.385. The Morgan fingerprint density at radius 2 is 2.21 bits per heavy atom. The van der Waals surface area contributed by atoms with Gasteiger partial charge in [0.15, 0.2) is 0 Å². The molecule has 3 rings (SSSR count). The summed E-state index contributed by atoms with van der Waals surface area (Å²) in [7, 11) is 0. The largest absolute Gasteiger partial charge is 0.339 e. The van der Waals surface area contributed by atoms with Crippen LogP contribution in [0.2, 0.25) is 0 Å². The zero-order valence-corrected chi connectivity index (χ0v) is 11.9. The van der Waals surface area contributed by atoms with Gasteiger partial charge < -0.3 is 9.84 Å². The molecule has 19 heavy (non-hydrogen) atoms. The minimum absolute atomic E-state index is 0.222. The van der Waals surface area contributed by atoms with Crippen LogP contribution in [0.1, 0.15) is 18.7 Å². The molecule has 1 aromatic carbocycles.